The molecule has 0 unspecified atom stereocenters. The Morgan fingerprint density at radius 1 is 1.31 bits per heavy atom. The summed E-state index contributed by atoms with van der Waals surface area (Å²) >= 11 is 0. The second kappa shape index (κ2) is 4.65. The van der Waals surface area contributed by atoms with Gasteiger partial charge in [0.15, 0.2) is 5.82 Å². The number of methoxy groups -OCH3 is 1. The lowest BCUT2D eigenvalue weighted by molar-refractivity contribution is 0.414. The van der Waals surface area contributed by atoms with Crippen LogP contribution in [0.2, 0.25) is 0 Å². The van der Waals surface area contributed by atoms with E-state index in [2.05, 4.69) is 10.3 Å². The Kier molecular flexibility index (Phi) is 3.05. The lowest BCUT2D eigenvalue weighted by Crippen LogP contribution is -2.02. The first-order valence-corrected chi connectivity index (χ1v) is 5.06. The third-order valence-electron chi connectivity index (χ3n) is 2.35. The maximum atomic E-state index is 5.47. The molecule has 1 aromatic heterocycles. The van der Waals surface area contributed by atoms with E-state index in [1.807, 2.05) is 24.3 Å². The minimum Gasteiger partial charge on any atom is -0.497 e. The Balaban J connectivity index is 1.94. The second-order valence-corrected chi connectivity index (χ2v) is 3.50. The molecule has 0 saturated carbocycles. The number of ether oxygens (including phenoxy) is 1. The smallest absolute Gasteiger partial charge is 0.165 e. The molecule has 0 bridgehead atoms. The molecule has 0 fully saturated rings. The van der Waals surface area contributed by atoms with E-state index in [1.165, 1.54) is 5.56 Å². The van der Waals surface area contributed by atoms with Gasteiger partial charge in [-0.05, 0) is 24.1 Å². The molecule has 0 aliphatic rings. The van der Waals surface area contributed by atoms with Crippen molar-refractivity contribution in [1.82, 2.24) is 15.0 Å². The molecule has 0 spiro atoms. The zero-order valence-electron chi connectivity index (χ0n) is 9.13. The van der Waals surface area contributed by atoms with Crippen LogP contribution in [0.25, 0.3) is 0 Å². The van der Waals surface area contributed by atoms with Crippen LogP contribution in [-0.2, 0) is 13.0 Å². The van der Waals surface area contributed by atoms with Crippen LogP contribution in [-0.4, -0.2) is 22.1 Å². The molecule has 1 aromatic carbocycles. The SMILES string of the molecule is COc1ccc(CCn2cc(N)nn2)cc1. The number of nitrogen functional groups attached to an aromatic ring is 1. The molecule has 5 heteroatoms. The van der Waals surface area contributed by atoms with Gasteiger partial charge in [-0.1, -0.05) is 17.3 Å². The molecule has 2 N–H and O–H groups in total. The monoisotopic (exact) mass is 218 g/mol. The number of rotatable bonds is 4. The van der Waals surface area contributed by atoms with Crippen LogP contribution in [0.4, 0.5) is 5.82 Å². The molecule has 0 saturated heterocycles. The van der Waals surface area contributed by atoms with Crippen molar-refractivity contribution in [3.63, 3.8) is 0 Å². The van der Waals surface area contributed by atoms with E-state index in [0.29, 0.717) is 5.82 Å². The summed E-state index contributed by atoms with van der Waals surface area (Å²) in [6.45, 7) is 0.774. The lowest BCUT2D eigenvalue weighted by atomic mass is 10.1. The highest BCUT2D eigenvalue weighted by molar-refractivity contribution is 5.27. The van der Waals surface area contributed by atoms with E-state index in [1.54, 1.807) is 18.0 Å². The maximum absolute atomic E-state index is 5.47. The van der Waals surface area contributed by atoms with E-state index in [0.717, 1.165) is 18.7 Å². The Morgan fingerprint density at radius 3 is 2.62 bits per heavy atom. The largest absolute Gasteiger partial charge is 0.497 e. The number of aromatic nitrogens is 3. The van der Waals surface area contributed by atoms with Crippen molar-refractivity contribution in [3.05, 3.63) is 36.0 Å². The van der Waals surface area contributed by atoms with Crippen molar-refractivity contribution in [1.29, 1.82) is 0 Å². The van der Waals surface area contributed by atoms with Gasteiger partial charge in [0.1, 0.15) is 5.75 Å². The standard InChI is InChI=1S/C11H14N4O/c1-16-10-4-2-9(3-5-10)6-7-15-8-11(12)13-14-15/h2-5,8H,6-7,12H2,1H3. The topological polar surface area (TPSA) is 66.0 Å². The first-order valence-electron chi connectivity index (χ1n) is 5.06. The molecule has 16 heavy (non-hydrogen) atoms. The number of nitrogens with zero attached hydrogens (tertiary/aromatic N) is 3. The first-order chi connectivity index (χ1) is 7.78. The normalized spacial score (nSPS) is 10.3. The van der Waals surface area contributed by atoms with Crippen LogP contribution in [0.3, 0.4) is 0 Å². The average Bonchev–Trinajstić information content (AvgIpc) is 2.73. The minimum atomic E-state index is 0.453. The van der Waals surface area contributed by atoms with Gasteiger partial charge in [-0.3, -0.25) is 4.68 Å². The van der Waals surface area contributed by atoms with E-state index < -0.39 is 0 Å². The summed E-state index contributed by atoms with van der Waals surface area (Å²) in [5.74, 6) is 1.32. The van der Waals surface area contributed by atoms with Gasteiger partial charge in [-0.15, -0.1) is 5.10 Å². The zero-order chi connectivity index (χ0) is 11.4. The first kappa shape index (κ1) is 10.5. The molecule has 5 nitrogen and oxygen atoms in total. The van der Waals surface area contributed by atoms with Gasteiger partial charge >= 0.3 is 0 Å². The van der Waals surface area contributed by atoms with Crippen LogP contribution in [0.5, 0.6) is 5.75 Å². The molecule has 0 amide bonds. The van der Waals surface area contributed by atoms with Gasteiger partial charge in [0.25, 0.3) is 0 Å². The number of hydrogen-bond donors (Lipinski definition) is 1. The number of aryl methyl sites for hydroxylation is 2. The minimum absolute atomic E-state index is 0.453. The molecule has 0 aliphatic carbocycles. The van der Waals surface area contributed by atoms with Gasteiger partial charge < -0.3 is 10.5 Å². The highest BCUT2D eigenvalue weighted by Crippen LogP contribution is 2.12. The van der Waals surface area contributed by atoms with Crippen molar-refractivity contribution in [2.45, 2.75) is 13.0 Å². The molecular formula is C11H14N4O. The fraction of sp³-hybridized carbons (Fsp3) is 0.273. The Hall–Kier alpha value is -2.04. The average molecular weight is 218 g/mol. The van der Waals surface area contributed by atoms with Crippen LogP contribution in [0, 0.1) is 0 Å². The molecule has 0 radical (unpaired) electrons. The predicted octanol–water partition coefficient (Wildman–Crippen LogP) is 1.11. The molecule has 0 aliphatic heterocycles. The van der Waals surface area contributed by atoms with E-state index in [9.17, 15) is 0 Å². The Morgan fingerprint density at radius 2 is 2.06 bits per heavy atom. The highest BCUT2D eigenvalue weighted by atomic mass is 16.5. The Bertz CT molecular complexity index is 449. The van der Waals surface area contributed by atoms with Crippen molar-refractivity contribution in [3.8, 4) is 5.75 Å². The fourth-order valence-electron chi connectivity index (χ4n) is 1.46. The molecular weight excluding hydrogens is 204 g/mol. The van der Waals surface area contributed by atoms with Gasteiger partial charge in [0.05, 0.1) is 13.3 Å². The number of hydrogen-bond acceptors (Lipinski definition) is 4. The van der Waals surface area contributed by atoms with E-state index in [-0.39, 0.29) is 0 Å². The third-order valence-corrected chi connectivity index (χ3v) is 2.35. The molecule has 1 heterocycles. The highest BCUT2D eigenvalue weighted by Gasteiger charge is 1.98. The molecule has 0 atom stereocenters. The summed E-state index contributed by atoms with van der Waals surface area (Å²) in [7, 11) is 1.66. The number of anilines is 1. The van der Waals surface area contributed by atoms with Crippen LogP contribution in [0.1, 0.15) is 5.56 Å². The summed E-state index contributed by atoms with van der Waals surface area (Å²) in [5.41, 5.74) is 6.71. The van der Waals surface area contributed by atoms with E-state index >= 15 is 0 Å². The zero-order valence-corrected chi connectivity index (χ0v) is 9.13. The lowest BCUT2D eigenvalue weighted by Gasteiger charge is -2.03. The number of benzene rings is 1. The van der Waals surface area contributed by atoms with Crippen molar-refractivity contribution in [2.75, 3.05) is 12.8 Å². The summed E-state index contributed by atoms with van der Waals surface area (Å²) < 4.78 is 6.83. The maximum Gasteiger partial charge on any atom is 0.165 e. The fourth-order valence-corrected chi connectivity index (χ4v) is 1.46. The second-order valence-electron chi connectivity index (χ2n) is 3.50. The summed E-state index contributed by atoms with van der Waals surface area (Å²) in [6.07, 6.45) is 2.62. The van der Waals surface area contributed by atoms with Crippen molar-refractivity contribution < 1.29 is 4.74 Å². The van der Waals surface area contributed by atoms with Crippen LogP contribution < -0.4 is 10.5 Å². The van der Waals surface area contributed by atoms with E-state index in [4.69, 9.17) is 10.5 Å². The van der Waals surface area contributed by atoms with Crippen molar-refractivity contribution >= 4 is 5.82 Å². The summed E-state index contributed by atoms with van der Waals surface area (Å²) in [6, 6.07) is 7.98. The predicted molar refractivity (Wildman–Crippen MR) is 61.1 cm³/mol. The quantitative estimate of drug-likeness (QED) is 0.834. The van der Waals surface area contributed by atoms with Crippen molar-refractivity contribution in [2.24, 2.45) is 0 Å². The Labute approximate surface area is 93.8 Å². The summed E-state index contributed by atoms with van der Waals surface area (Å²) in [4.78, 5) is 0. The van der Waals surface area contributed by atoms with Crippen LogP contribution in [0.15, 0.2) is 30.5 Å². The van der Waals surface area contributed by atoms with Gasteiger partial charge in [0, 0.05) is 6.54 Å². The van der Waals surface area contributed by atoms with Gasteiger partial charge in [0.2, 0.25) is 0 Å². The molecule has 2 rings (SSSR count). The van der Waals surface area contributed by atoms with Crippen LogP contribution >= 0.6 is 0 Å². The van der Waals surface area contributed by atoms with Gasteiger partial charge in [-0.2, -0.15) is 0 Å². The molecule has 2 aromatic rings. The number of nitrogens with two attached hydrogens (primary N) is 1. The summed E-state index contributed by atoms with van der Waals surface area (Å²) in [5, 5.41) is 7.61. The molecule has 84 valence electrons. The van der Waals surface area contributed by atoms with Gasteiger partial charge in [-0.25, -0.2) is 0 Å². The third kappa shape index (κ3) is 2.50.